The summed E-state index contributed by atoms with van der Waals surface area (Å²) in [5.74, 6) is 0.247. The Kier molecular flexibility index (Phi) is 3.08. The average molecular weight is 271 g/mol. The number of carbonyl (C=O) groups excluding carboxylic acids is 2. The minimum absolute atomic E-state index is 0.0815. The van der Waals surface area contributed by atoms with E-state index in [1.165, 1.54) is 4.90 Å². The summed E-state index contributed by atoms with van der Waals surface area (Å²) >= 11 is 0. The number of methoxy groups -OCH3 is 1. The molecule has 0 aromatic heterocycles. The molecule has 1 aromatic rings. The highest BCUT2D eigenvalue weighted by molar-refractivity contribution is 6.22. The number of ether oxygens (including phenoxy) is 1. The standard InChI is InChI=1S/C16H17NO3/c1-10-4-3-5-13-14(10)16(19)17(15(13)18)11-6-8-12(20-2)9-7-11/h3-4,6-10,13-14H,5H2,1-2H3/t10?,13-,14+/m0/s1. The molecule has 1 heterocycles. The van der Waals surface area contributed by atoms with Crippen LogP contribution in [0.15, 0.2) is 36.4 Å². The molecule has 3 atom stereocenters. The van der Waals surface area contributed by atoms with Crippen LogP contribution in [0.1, 0.15) is 13.3 Å². The molecule has 2 amide bonds. The number of imide groups is 1. The Labute approximate surface area is 118 Å². The molecule has 1 aliphatic carbocycles. The van der Waals surface area contributed by atoms with E-state index in [1.807, 2.05) is 19.1 Å². The van der Waals surface area contributed by atoms with Crippen LogP contribution in [-0.4, -0.2) is 18.9 Å². The van der Waals surface area contributed by atoms with E-state index in [1.54, 1.807) is 31.4 Å². The Morgan fingerprint density at radius 1 is 1.15 bits per heavy atom. The third kappa shape index (κ3) is 1.83. The van der Waals surface area contributed by atoms with Crippen molar-refractivity contribution in [3.05, 3.63) is 36.4 Å². The van der Waals surface area contributed by atoms with Crippen LogP contribution in [0.25, 0.3) is 0 Å². The first kappa shape index (κ1) is 12.9. The average Bonchev–Trinajstić information content (AvgIpc) is 2.72. The molecule has 1 saturated heterocycles. The van der Waals surface area contributed by atoms with Crippen LogP contribution in [0.4, 0.5) is 5.69 Å². The fourth-order valence-electron chi connectivity index (χ4n) is 3.13. The van der Waals surface area contributed by atoms with Gasteiger partial charge in [-0.05, 0) is 36.6 Å². The molecule has 0 saturated carbocycles. The molecule has 1 fully saturated rings. The maximum absolute atomic E-state index is 12.6. The number of rotatable bonds is 2. The van der Waals surface area contributed by atoms with Gasteiger partial charge in [0.15, 0.2) is 0 Å². The maximum atomic E-state index is 12.6. The van der Waals surface area contributed by atoms with Gasteiger partial charge >= 0.3 is 0 Å². The zero-order valence-corrected chi connectivity index (χ0v) is 11.6. The molecule has 4 nitrogen and oxygen atoms in total. The van der Waals surface area contributed by atoms with E-state index >= 15 is 0 Å². The van der Waals surface area contributed by atoms with Gasteiger partial charge in [0, 0.05) is 0 Å². The number of carbonyl (C=O) groups is 2. The predicted molar refractivity (Wildman–Crippen MR) is 75.4 cm³/mol. The lowest BCUT2D eigenvalue weighted by Gasteiger charge is -2.22. The van der Waals surface area contributed by atoms with Crippen molar-refractivity contribution < 1.29 is 14.3 Å². The molecular formula is C16H17NO3. The maximum Gasteiger partial charge on any atom is 0.238 e. The van der Waals surface area contributed by atoms with Crippen molar-refractivity contribution in [2.45, 2.75) is 13.3 Å². The van der Waals surface area contributed by atoms with Gasteiger partial charge in [-0.25, -0.2) is 0 Å². The lowest BCUT2D eigenvalue weighted by atomic mass is 9.78. The van der Waals surface area contributed by atoms with Gasteiger partial charge < -0.3 is 4.74 Å². The Balaban J connectivity index is 1.94. The molecular weight excluding hydrogens is 254 g/mol. The van der Waals surface area contributed by atoms with Crippen LogP contribution in [0.3, 0.4) is 0 Å². The van der Waals surface area contributed by atoms with Gasteiger partial charge in [-0.2, -0.15) is 0 Å². The normalized spacial score (nSPS) is 28.7. The molecule has 1 aliphatic heterocycles. The van der Waals surface area contributed by atoms with Crippen molar-refractivity contribution in [1.82, 2.24) is 0 Å². The molecule has 104 valence electrons. The Morgan fingerprint density at radius 2 is 1.85 bits per heavy atom. The third-order valence-electron chi connectivity index (χ3n) is 4.20. The number of fused-ring (bicyclic) bond motifs is 1. The zero-order chi connectivity index (χ0) is 14.3. The number of amides is 2. The fraction of sp³-hybridized carbons (Fsp3) is 0.375. The third-order valence-corrected chi connectivity index (χ3v) is 4.20. The van der Waals surface area contributed by atoms with Crippen molar-refractivity contribution in [3.63, 3.8) is 0 Å². The van der Waals surface area contributed by atoms with E-state index in [-0.39, 0.29) is 29.6 Å². The van der Waals surface area contributed by atoms with E-state index in [0.717, 1.165) is 0 Å². The number of nitrogens with zero attached hydrogens (tertiary/aromatic N) is 1. The molecule has 0 radical (unpaired) electrons. The summed E-state index contributed by atoms with van der Waals surface area (Å²) in [6.45, 7) is 2.00. The molecule has 0 spiro atoms. The smallest absolute Gasteiger partial charge is 0.238 e. The summed E-state index contributed by atoms with van der Waals surface area (Å²) in [5.41, 5.74) is 0.627. The van der Waals surface area contributed by atoms with E-state index < -0.39 is 0 Å². The monoisotopic (exact) mass is 271 g/mol. The molecule has 0 bridgehead atoms. The van der Waals surface area contributed by atoms with Crippen LogP contribution in [0, 0.1) is 17.8 Å². The summed E-state index contributed by atoms with van der Waals surface area (Å²) < 4.78 is 5.10. The Hall–Kier alpha value is -2.10. The van der Waals surface area contributed by atoms with E-state index in [9.17, 15) is 9.59 Å². The SMILES string of the molecule is COc1ccc(N2C(=O)[C@H]3CC=CC(C)[C@H]3C2=O)cc1. The van der Waals surface area contributed by atoms with Gasteiger partial charge in [0.2, 0.25) is 11.8 Å². The van der Waals surface area contributed by atoms with Gasteiger partial charge in [0.05, 0.1) is 24.6 Å². The topological polar surface area (TPSA) is 46.6 Å². The minimum atomic E-state index is -0.213. The summed E-state index contributed by atoms with van der Waals surface area (Å²) in [6, 6.07) is 7.03. The van der Waals surface area contributed by atoms with Gasteiger partial charge in [-0.3, -0.25) is 14.5 Å². The van der Waals surface area contributed by atoms with Gasteiger partial charge in [0.1, 0.15) is 5.75 Å². The first-order valence-corrected chi connectivity index (χ1v) is 6.82. The van der Waals surface area contributed by atoms with Crippen molar-refractivity contribution in [1.29, 1.82) is 0 Å². The number of benzene rings is 1. The lowest BCUT2D eigenvalue weighted by molar-refractivity contribution is -0.122. The van der Waals surface area contributed by atoms with Crippen molar-refractivity contribution >= 4 is 17.5 Å². The second kappa shape index (κ2) is 4.78. The summed E-state index contributed by atoms with van der Waals surface area (Å²) in [5, 5.41) is 0. The molecule has 3 rings (SSSR count). The minimum Gasteiger partial charge on any atom is -0.497 e. The largest absolute Gasteiger partial charge is 0.497 e. The van der Waals surface area contributed by atoms with Crippen molar-refractivity contribution in [2.75, 3.05) is 12.0 Å². The van der Waals surface area contributed by atoms with Gasteiger partial charge in [-0.1, -0.05) is 19.1 Å². The number of allylic oxidation sites excluding steroid dienone is 2. The first-order valence-electron chi connectivity index (χ1n) is 6.82. The van der Waals surface area contributed by atoms with Crippen LogP contribution in [0.5, 0.6) is 5.75 Å². The first-order chi connectivity index (χ1) is 9.63. The van der Waals surface area contributed by atoms with Gasteiger partial charge in [-0.15, -0.1) is 0 Å². The van der Waals surface area contributed by atoms with Gasteiger partial charge in [0.25, 0.3) is 0 Å². The highest BCUT2D eigenvalue weighted by Gasteiger charge is 2.50. The van der Waals surface area contributed by atoms with Crippen LogP contribution in [-0.2, 0) is 9.59 Å². The van der Waals surface area contributed by atoms with Crippen molar-refractivity contribution in [2.24, 2.45) is 17.8 Å². The summed E-state index contributed by atoms with van der Waals surface area (Å²) in [7, 11) is 1.59. The second-order valence-electron chi connectivity index (χ2n) is 5.37. The fourth-order valence-corrected chi connectivity index (χ4v) is 3.13. The molecule has 0 N–H and O–H groups in total. The van der Waals surface area contributed by atoms with Crippen LogP contribution < -0.4 is 9.64 Å². The van der Waals surface area contributed by atoms with Crippen LogP contribution >= 0.6 is 0 Å². The molecule has 1 aromatic carbocycles. The summed E-state index contributed by atoms with van der Waals surface area (Å²) in [6.07, 6.45) is 4.70. The highest BCUT2D eigenvalue weighted by Crippen LogP contribution is 2.40. The lowest BCUT2D eigenvalue weighted by Crippen LogP contribution is -2.31. The zero-order valence-electron chi connectivity index (χ0n) is 11.6. The number of hydrogen-bond donors (Lipinski definition) is 0. The predicted octanol–water partition coefficient (Wildman–Crippen LogP) is 2.40. The number of hydrogen-bond acceptors (Lipinski definition) is 3. The van der Waals surface area contributed by atoms with E-state index in [4.69, 9.17) is 4.74 Å². The van der Waals surface area contributed by atoms with E-state index in [0.29, 0.717) is 17.9 Å². The van der Waals surface area contributed by atoms with E-state index in [2.05, 4.69) is 0 Å². The van der Waals surface area contributed by atoms with Crippen LogP contribution in [0.2, 0.25) is 0 Å². The highest BCUT2D eigenvalue weighted by atomic mass is 16.5. The second-order valence-corrected chi connectivity index (χ2v) is 5.37. The molecule has 1 unspecified atom stereocenters. The molecule has 2 aliphatic rings. The quantitative estimate of drug-likeness (QED) is 0.613. The molecule has 20 heavy (non-hydrogen) atoms. The Morgan fingerprint density at radius 3 is 2.45 bits per heavy atom. The molecule has 4 heteroatoms. The Bertz CT molecular complexity index is 576. The summed E-state index contributed by atoms with van der Waals surface area (Å²) in [4.78, 5) is 26.4. The van der Waals surface area contributed by atoms with Crippen molar-refractivity contribution in [3.8, 4) is 5.75 Å². The number of anilines is 1.